The first-order valence-corrected chi connectivity index (χ1v) is 6.46. The van der Waals surface area contributed by atoms with Crippen molar-refractivity contribution >= 4 is 5.78 Å². The van der Waals surface area contributed by atoms with Gasteiger partial charge in [-0.1, -0.05) is 43.5 Å². The quantitative estimate of drug-likeness (QED) is 0.731. The van der Waals surface area contributed by atoms with Crippen LogP contribution < -0.4 is 0 Å². The van der Waals surface area contributed by atoms with E-state index in [9.17, 15) is 13.6 Å². The first-order chi connectivity index (χ1) is 8.56. The zero-order valence-corrected chi connectivity index (χ0v) is 10.6. The van der Waals surface area contributed by atoms with Gasteiger partial charge in [0.15, 0.2) is 5.78 Å². The molecule has 1 nitrogen and oxygen atoms in total. The molecule has 1 saturated carbocycles. The van der Waals surface area contributed by atoms with Crippen LogP contribution in [0.1, 0.15) is 54.9 Å². The van der Waals surface area contributed by atoms with Gasteiger partial charge >= 0.3 is 0 Å². The minimum atomic E-state index is -2.33. The highest BCUT2D eigenvalue weighted by atomic mass is 19.3. The highest BCUT2D eigenvalue weighted by molar-refractivity contribution is 5.94. The van der Waals surface area contributed by atoms with E-state index < -0.39 is 11.8 Å². The number of Topliss-reactive ketones (excluding diaryl/α,β-unsaturated/α-hetero) is 1. The van der Waals surface area contributed by atoms with Gasteiger partial charge in [-0.3, -0.25) is 4.79 Å². The van der Waals surface area contributed by atoms with E-state index in [1.165, 1.54) is 6.92 Å². The fourth-order valence-corrected chi connectivity index (χ4v) is 2.85. The van der Waals surface area contributed by atoms with Crippen molar-refractivity contribution in [3.63, 3.8) is 0 Å². The predicted octanol–water partition coefficient (Wildman–Crippen LogP) is 4.36. The van der Waals surface area contributed by atoms with Gasteiger partial charge in [-0.2, -0.15) is 0 Å². The molecule has 98 valence electrons. The molecule has 1 aliphatic carbocycles. The molecule has 0 aliphatic heterocycles. The second-order valence-corrected chi connectivity index (χ2v) is 5.15. The van der Waals surface area contributed by atoms with Crippen LogP contribution in [0.25, 0.3) is 0 Å². The van der Waals surface area contributed by atoms with Crippen molar-refractivity contribution in [1.82, 2.24) is 0 Å². The van der Waals surface area contributed by atoms with Crippen LogP contribution in [0.3, 0.4) is 0 Å². The Morgan fingerprint density at radius 2 is 1.67 bits per heavy atom. The number of rotatable bonds is 3. The van der Waals surface area contributed by atoms with Crippen molar-refractivity contribution in [3.8, 4) is 0 Å². The fraction of sp³-hybridized carbons (Fsp3) is 0.533. The van der Waals surface area contributed by atoms with Gasteiger partial charge in [-0.05, 0) is 25.3 Å². The number of alkyl halides is 2. The van der Waals surface area contributed by atoms with E-state index in [1.807, 2.05) is 0 Å². The first kappa shape index (κ1) is 13.2. The Morgan fingerprint density at radius 1 is 1.11 bits per heavy atom. The number of ketones is 1. The second-order valence-electron chi connectivity index (χ2n) is 5.15. The molecule has 0 radical (unpaired) electrons. The van der Waals surface area contributed by atoms with Crippen molar-refractivity contribution in [3.05, 3.63) is 35.4 Å². The monoisotopic (exact) mass is 252 g/mol. The van der Waals surface area contributed by atoms with E-state index in [4.69, 9.17) is 0 Å². The maximum Gasteiger partial charge on any atom is 0.248 e. The van der Waals surface area contributed by atoms with Crippen LogP contribution in [-0.2, 0) is 5.41 Å². The molecular weight excluding hydrogens is 234 g/mol. The smallest absolute Gasteiger partial charge is 0.248 e. The Balaban J connectivity index is 2.34. The van der Waals surface area contributed by atoms with Crippen LogP contribution in [-0.4, -0.2) is 12.2 Å². The average molecular weight is 252 g/mol. The van der Waals surface area contributed by atoms with E-state index in [1.54, 1.807) is 24.3 Å². The highest BCUT2D eigenvalue weighted by Gasteiger charge is 2.42. The maximum atomic E-state index is 13.5. The van der Waals surface area contributed by atoms with Crippen LogP contribution in [0, 0.1) is 0 Å². The molecular formula is C15H18F2O. The maximum absolute atomic E-state index is 13.5. The van der Waals surface area contributed by atoms with Gasteiger partial charge in [0.2, 0.25) is 6.43 Å². The lowest BCUT2D eigenvalue weighted by Crippen LogP contribution is -2.36. The summed E-state index contributed by atoms with van der Waals surface area (Å²) in [6.45, 7) is 1.48. The van der Waals surface area contributed by atoms with Crippen molar-refractivity contribution < 1.29 is 13.6 Å². The average Bonchev–Trinajstić information content (AvgIpc) is 2.39. The summed E-state index contributed by atoms with van der Waals surface area (Å²) >= 11 is 0. The molecule has 0 saturated heterocycles. The number of carbonyl (C=O) groups is 1. The van der Waals surface area contributed by atoms with Crippen LogP contribution in [0.2, 0.25) is 0 Å². The van der Waals surface area contributed by atoms with E-state index in [-0.39, 0.29) is 5.78 Å². The molecule has 3 heteroatoms. The third-order valence-electron chi connectivity index (χ3n) is 4.03. The molecule has 0 spiro atoms. The summed E-state index contributed by atoms with van der Waals surface area (Å²) < 4.78 is 26.9. The zero-order chi connectivity index (χ0) is 13.2. The van der Waals surface area contributed by atoms with Crippen molar-refractivity contribution in [2.24, 2.45) is 0 Å². The number of benzene rings is 1. The summed E-state index contributed by atoms with van der Waals surface area (Å²) in [5.74, 6) is -0.0312. The van der Waals surface area contributed by atoms with E-state index >= 15 is 0 Å². The summed E-state index contributed by atoms with van der Waals surface area (Å²) in [4.78, 5) is 11.2. The summed E-state index contributed by atoms with van der Waals surface area (Å²) in [5.41, 5.74) is 0.272. The molecule has 0 heterocycles. The number of hydrogen-bond acceptors (Lipinski definition) is 1. The number of carbonyl (C=O) groups excluding carboxylic acids is 1. The summed E-state index contributed by atoms with van der Waals surface area (Å²) in [5, 5.41) is 0. The molecule has 2 rings (SSSR count). The normalized spacial score (nSPS) is 18.9. The second kappa shape index (κ2) is 5.17. The lowest BCUT2D eigenvalue weighted by atomic mass is 9.69. The molecule has 0 amide bonds. The van der Waals surface area contributed by atoms with Crippen molar-refractivity contribution in [1.29, 1.82) is 0 Å². The summed E-state index contributed by atoms with van der Waals surface area (Å²) in [6.07, 6.45) is 1.52. The Labute approximate surface area is 106 Å². The van der Waals surface area contributed by atoms with Crippen LogP contribution in [0.15, 0.2) is 24.3 Å². The SMILES string of the molecule is CC(=O)c1ccc(C2(C(F)F)CCCCC2)cc1. The summed E-state index contributed by atoms with van der Waals surface area (Å²) in [6, 6.07) is 6.73. The topological polar surface area (TPSA) is 17.1 Å². The van der Waals surface area contributed by atoms with E-state index in [0.29, 0.717) is 24.0 Å². The Kier molecular flexibility index (Phi) is 3.79. The Bertz CT molecular complexity index is 417. The van der Waals surface area contributed by atoms with Gasteiger partial charge in [0.1, 0.15) is 0 Å². The highest BCUT2D eigenvalue weighted by Crippen LogP contribution is 2.44. The zero-order valence-electron chi connectivity index (χ0n) is 10.6. The van der Waals surface area contributed by atoms with Gasteiger partial charge < -0.3 is 0 Å². The van der Waals surface area contributed by atoms with Gasteiger partial charge in [-0.15, -0.1) is 0 Å². The van der Waals surface area contributed by atoms with Gasteiger partial charge in [0, 0.05) is 5.56 Å². The lowest BCUT2D eigenvalue weighted by Gasteiger charge is -2.37. The van der Waals surface area contributed by atoms with Crippen molar-refractivity contribution in [2.75, 3.05) is 0 Å². The number of halogens is 2. The molecule has 1 aliphatic rings. The molecule has 0 bridgehead atoms. The minimum absolute atomic E-state index is 0.0312. The van der Waals surface area contributed by atoms with Gasteiger partial charge in [0.05, 0.1) is 5.41 Å². The Hall–Kier alpha value is -1.25. The van der Waals surface area contributed by atoms with Gasteiger partial charge in [-0.25, -0.2) is 8.78 Å². The first-order valence-electron chi connectivity index (χ1n) is 6.46. The van der Waals surface area contributed by atoms with Crippen molar-refractivity contribution in [2.45, 2.75) is 50.9 Å². The standard InChI is InChI=1S/C15H18F2O/c1-11(18)12-5-7-13(8-6-12)15(14(16)17)9-3-2-4-10-15/h5-8,14H,2-4,9-10H2,1H3. The third-order valence-corrected chi connectivity index (χ3v) is 4.03. The third kappa shape index (κ3) is 2.31. The van der Waals surface area contributed by atoms with Gasteiger partial charge in [0.25, 0.3) is 0 Å². The molecule has 1 fully saturated rings. The fourth-order valence-electron chi connectivity index (χ4n) is 2.85. The lowest BCUT2D eigenvalue weighted by molar-refractivity contribution is 0.0254. The summed E-state index contributed by atoms with van der Waals surface area (Å²) in [7, 11) is 0. The molecule has 0 N–H and O–H groups in total. The molecule has 0 unspecified atom stereocenters. The van der Waals surface area contributed by atoms with Crippen LogP contribution >= 0.6 is 0 Å². The van der Waals surface area contributed by atoms with E-state index in [0.717, 1.165) is 19.3 Å². The van der Waals surface area contributed by atoms with E-state index in [2.05, 4.69) is 0 Å². The predicted molar refractivity (Wildman–Crippen MR) is 67.2 cm³/mol. The molecule has 18 heavy (non-hydrogen) atoms. The molecule has 1 aromatic rings. The molecule has 0 atom stereocenters. The molecule has 0 aromatic heterocycles. The van der Waals surface area contributed by atoms with Crippen LogP contribution in [0.5, 0.6) is 0 Å². The largest absolute Gasteiger partial charge is 0.295 e. The van der Waals surface area contributed by atoms with Crippen LogP contribution in [0.4, 0.5) is 8.78 Å². The molecule has 1 aromatic carbocycles. The number of hydrogen-bond donors (Lipinski definition) is 0. The Morgan fingerprint density at radius 3 is 2.11 bits per heavy atom. The minimum Gasteiger partial charge on any atom is -0.295 e.